The molecule has 15 heavy (non-hydrogen) atoms. The standard InChI is InChI=1S/C11H6Cl2N2/c1-6-2-8(5-14)15-10-4-7(12)3-9(13)11(6)10/h2-4H,1H3. The highest BCUT2D eigenvalue weighted by molar-refractivity contribution is 6.38. The van der Waals surface area contributed by atoms with E-state index in [2.05, 4.69) is 4.98 Å². The maximum Gasteiger partial charge on any atom is 0.141 e. The van der Waals surface area contributed by atoms with Gasteiger partial charge in [-0.3, -0.25) is 0 Å². The number of rotatable bonds is 0. The van der Waals surface area contributed by atoms with Crippen LogP contribution in [0.2, 0.25) is 10.0 Å². The smallest absolute Gasteiger partial charge is 0.141 e. The van der Waals surface area contributed by atoms with Crippen molar-refractivity contribution in [2.75, 3.05) is 0 Å². The van der Waals surface area contributed by atoms with E-state index in [0.29, 0.717) is 21.3 Å². The van der Waals surface area contributed by atoms with Crippen LogP contribution in [0, 0.1) is 18.3 Å². The lowest BCUT2D eigenvalue weighted by atomic mass is 10.1. The summed E-state index contributed by atoms with van der Waals surface area (Å²) in [5.74, 6) is 0. The Hall–Kier alpha value is -1.30. The van der Waals surface area contributed by atoms with E-state index >= 15 is 0 Å². The molecule has 2 nitrogen and oxygen atoms in total. The van der Waals surface area contributed by atoms with Crippen LogP contribution in [-0.4, -0.2) is 4.98 Å². The first-order chi connectivity index (χ1) is 7.11. The quantitative estimate of drug-likeness (QED) is 0.700. The molecule has 0 aliphatic heterocycles. The van der Waals surface area contributed by atoms with Gasteiger partial charge in [0.2, 0.25) is 0 Å². The van der Waals surface area contributed by atoms with E-state index in [1.165, 1.54) is 0 Å². The third-order valence-corrected chi connectivity index (χ3v) is 2.65. The first kappa shape index (κ1) is 10.2. The number of nitriles is 1. The Morgan fingerprint density at radius 1 is 1.27 bits per heavy atom. The zero-order valence-corrected chi connectivity index (χ0v) is 9.39. The molecule has 0 radical (unpaired) electrons. The Balaban J connectivity index is 2.93. The van der Waals surface area contributed by atoms with Gasteiger partial charge in [-0.2, -0.15) is 5.26 Å². The second-order valence-electron chi connectivity index (χ2n) is 3.22. The van der Waals surface area contributed by atoms with E-state index in [9.17, 15) is 0 Å². The molecule has 0 fully saturated rings. The van der Waals surface area contributed by atoms with Crippen molar-refractivity contribution in [2.45, 2.75) is 6.92 Å². The van der Waals surface area contributed by atoms with E-state index in [-0.39, 0.29) is 0 Å². The molecule has 74 valence electrons. The lowest BCUT2D eigenvalue weighted by molar-refractivity contribution is 1.30. The number of hydrogen-bond acceptors (Lipinski definition) is 2. The molecule has 1 heterocycles. The van der Waals surface area contributed by atoms with Gasteiger partial charge in [0.1, 0.15) is 11.8 Å². The van der Waals surface area contributed by atoms with Gasteiger partial charge >= 0.3 is 0 Å². The van der Waals surface area contributed by atoms with Gasteiger partial charge in [0.15, 0.2) is 0 Å². The minimum absolute atomic E-state index is 0.373. The molecule has 0 aliphatic rings. The van der Waals surface area contributed by atoms with Gasteiger partial charge < -0.3 is 0 Å². The van der Waals surface area contributed by atoms with Gasteiger partial charge in [-0.05, 0) is 30.7 Å². The van der Waals surface area contributed by atoms with Crippen LogP contribution in [0.25, 0.3) is 10.9 Å². The lowest BCUT2D eigenvalue weighted by Crippen LogP contribution is -1.89. The van der Waals surface area contributed by atoms with Crippen LogP contribution in [0.4, 0.5) is 0 Å². The number of nitrogens with zero attached hydrogens (tertiary/aromatic N) is 2. The van der Waals surface area contributed by atoms with Crippen LogP contribution in [-0.2, 0) is 0 Å². The highest BCUT2D eigenvalue weighted by Gasteiger charge is 2.07. The third-order valence-electron chi connectivity index (χ3n) is 2.14. The Kier molecular flexibility index (Phi) is 2.52. The topological polar surface area (TPSA) is 36.7 Å². The van der Waals surface area contributed by atoms with Crippen LogP contribution >= 0.6 is 23.2 Å². The van der Waals surface area contributed by atoms with E-state index in [1.807, 2.05) is 13.0 Å². The Morgan fingerprint density at radius 2 is 2.00 bits per heavy atom. The predicted octanol–water partition coefficient (Wildman–Crippen LogP) is 3.72. The van der Waals surface area contributed by atoms with Crippen molar-refractivity contribution in [3.8, 4) is 6.07 Å². The number of fused-ring (bicyclic) bond motifs is 1. The van der Waals surface area contributed by atoms with E-state index < -0.39 is 0 Å². The van der Waals surface area contributed by atoms with Gasteiger partial charge in [0.05, 0.1) is 10.5 Å². The van der Waals surface area contributed by atoms with E-state index in [4.69, 9.17) is 28.5 Å². The monoisotopic (exact) mass is 236 g/mol. The molecule has 0 aliphatic carbocycles. The molecular weight excluding hydrogens is 231 g/mol. The van der Waals surface area contributed by atoms with Crippen molar-refractivity contribution >= 4 is 34.1 Å². The summed E-state index contributed by atoms with van der Waals surface area (Å²) >= 11 is 11.9. The normalized spacial score (nSPS) is 10.3. The average molecular weight is 237 g/mol. The molecular formula is C11H6Cl2N2. The Morgan fingerprint density at radius 3 is 2.67 bits per heavy atom. The highest BCUT2D eigenvalue weighted by Crippen LogP contribution is 2.29. The van der Waals surface area contributed by atoms with Crippen molar-refractivity contribution in [3.63, 3.8) is 0 Å². The summed E-state index contributed by atoms with van der Waals surface area (Å²) < 4.78 is 0. The molecule has 0 spiro atoms. The van der Waals surface area contributed by atoms with Crippen molar-refractivity contribution in [3.05, 3.63) is 39.5 Å². The minimum Gasteiger partial charge on any atom is -0.237 e. The summed E-state index contributed by atoms with van der Waals surface area (Å²) in [5.41, 5.74) is 1.96. The molecule has 0 saturated carbocycles. The van der Waals surface area contributed by atoms with Gasteiger partial charge in [-0.1, -0.05) is 23.2 Å². The van der Waals surface area contributed by atoms with Crippen LogP contribution < -0.4 is 0 Å². The van der Waals surface area contributed by atoms with Gasteiger partial charge in [-0.15, -0.1) is 0 Å². The number of benzene rings is 1. The highest BCUT2D eigenvalue weighted by atomic mass is 35.5. The van der Waals surface area contributed by atoms with Crippen LogP contribution in [0.15, 0.2) is 18.2 Å². The van der Waals surface area contributed by atoms with Crippen molar-refractivity contribution in [2.24, 2.45) is 0 Å². The first-order valence-corrected chi connectivity index (χ1v) is 5.04. The maximum absolute atomic E-state index is 8.78. The van der Waals surface area contributed by atoms with E-state index in [1.54, 1.807) is 18.2 Å². The summed E-state index contributed by atoms with van der Waals surface area (Å²) in [4.78, 5) is 4.15. The largest absolute Gasteiger partial charge is 0.237 e. The first-order valence-electron chi connectivity index (χ1n) is 4.28. The summed E-state index contributed by atoms with van der Waals surface area (Å²) in [5, 5.41) is 10.7. The van der Waals surface area contributed by atoms with Crippen molar-refractivity contribution in [1.29, 1.82) is 5.26 Å². The number of hydrogen-bond donors (Lipinski definition) is 0. The van der Waals surface area contributed by atoms with Crippen LogP contribution in [0.5, 0.6) is 0 Å². The Bertz CT molecular complexity index is 585. The van der Waals surface area contributed by atoms with Crippen molar-refractivity contribution < 1.29 is 0 Å². The molecule has 0 bridgehead atoms. The second kappa shape index (κ2) is 3.69. The van der Waals surface area contributed by atoms with Crippen molar-refractivity contribution in [1.82, 2.24) is 4.98 Å². The summed E-state index contributed by atoms with van der Waals surface area (Å²) in [6.07, 6.45) is 0. The third kappa shape index (κ3) is 1.77. The molecule has 0 N–H and O–H groups in total. The number of pyridine rings is 1. The van der Waals surface area contributed by atoms with Gasteiger partial charge in [0, 0.05) is 10.4 Å². The molecule has 0 atom stereocenters. The lowest BCUT2D eigenvalue weighted by Gasteiger charge is -2.05. The fraction of sp³-hybridized carbons (Fsp3) is 0.0909. The number of halogens is 2. The molecule has 1 aromatic carbocycles. The van der Waals surface area contributed by atoms with Crippen LogP contribution in [0.3, 0.4) is 0 Å². The SMILES string of the molecule is Cc1cc(C#N)nc2cc(Cl)cc(Cl)c12. The number of aryl methyl sites for hydroxylation is 1. The fourth-order valence-corrected chi connectivity index (χ4v) is 2.17. The molecule has 0 unspecified atom stereocenters. The molecule has 1 aromatic heterocycles. The molecule has 0 amide bonds. The summed E-state index contributed by atoms with van der Waals surface area (Å²) in [6.45, 7) is 1.89. The summed E-state index contributed by atoms with van der Waals surface area (Å²) in [7, 11) is 0. The summed E-state index contributed by atoms with van der Waals surface area (Å²) in [6, 6.07) is 7.09. The fourth-order valence-electron chi connectivity index (χ4n) is 1.54. The minimum atomic E-state index is 0.373. The molecule has 2 rings (SSSR count). The zero-order valence-electron chi connectivity index (χ0n) is 7.88. The van der Waals surface area contributed by atoms with Gasteiger partial charge in [0.25, 0.3) is 0 Å². The van der Waals surface area contributed by atoms with Crippen LogP contribution in [0.1, 0.15) is 11.3 Å². The predicted molar refractivity (Wildman–Crippen MR) is 61.2 cm³/mol. The number of aromatic nitrogens is 1. The second-order valence-corrected chi connectivity index (χ2v) is 4.06. The van der Waals surface area contributed by atoms with E-state index in [0.717, 1.165) is 10.9 Å². The maximum atomic E-state index is 8.78. The molecule has 0 saturated heterocycles. The molecule has 2 aromatic rings. The Labute approximate surface area is 97.1 Å². The zero-order chi connectivity index (χ0) is 11.0. The van der Waals surface area contributed by atoms with Gasteiger partial charge in [-0.25, -0.2) is 4.98 Å². The average Bonchev–Trinajstić information content (AvgIpc) is 2.15. The molecule has 4 heteroatoms.